The monoisotopic (exact) mass is 278 g/mol. The summed E-state index contributed by atoms with van der Waals surface area (Å²) < 4.78 is 5.99. The quantitative estimate of drug-likeness (QED) is 0.772. The van der Waals surface area contributed by atoms with Crippen molar-refractivity contribution in [1.29, 1.82) is 0 Å². The van der Waals surface area contributed by atoms with E-state index in [1.807, 2.05) is 43.4 Å². The summed E-state index contributed by atoms with van der Waals surface area (Å²) in [6.07, 6.45) is 1.78. The number of hydrogen-bond acceptors (Lipinski definition) is 3. The van der Waals surface area contributed by atoms with Crippen LogP contribution in [-0.4, -0.2) is 12.0 Å². The highest BCUT2D eigenvalue weighted by Gasteiger charge is 2.07. The van der Waals surface area contributed by atoms with E-state index in [4.69, 9.17) is 4.74 Å². The van der Waals surface area contributed by atoms with Gasteiger partial charge in [0.1, 0.15) is 5.75 Å². The van der Waals surface area contributed by atoms with Gasteiger partial charge in [0.25, 0.3) is 0 Å². The van der Waals surface area contributed by atoms with E-state index in [0.717, 1.165) is 22.1 Å². The highest BCUT2D eigenvalue weighted by atomic mass is 16.5. The summed E-state index contributed by atoms with van der Waals surface area (Å²) in [4.78, 5) is 4.31. The van der Waals surface area contributed by atoms with Crippen LogP contribution < -0.4 is 10.1 Å². The summed E-state index contributed by atoms with van der Waals surface area (Å²) in [6, 6.07) is 18.5. The molecule has 1 unspecified atom stereocenters. The van der Waals surface area contributed by atoms with Gasteiger partial charge in [-0.3, -0.25) is 0 Å². The second-order valence-corrected chi connectivity index (χ2v) is 5.02. The molecule has 0 aliphatic carbocycles. The molecule has 0 aliphatic heterocycles. The van der Waals surface area contributed by atoms with Gasteiger partial charge in [-0.05, 0) is 37.1 Å². The number of rotatable bonds is 4. The lowest BCUT2D eigenvalue weighted by Gasteiger charge is -2.12. The molecule has 0 radical (unpaired) electrons. The van der Waals surface area contributed by atoms with Gasteiger partial charge in [-0.25, -0.2) is 4.98 Å². The van der Waals surface area contributed by atoms with E-state index >= 15 is 0 Å². The van der Waals surface area contributed by atoms with E-state index in [9.17, 15) is 0 Å². The third-order valence-electron chi connectivity index (χ3n) is 3.66. The van der Waals surface area contributed by atoms with Crippen LogP contribution in [0.3, 0.4) is 0 Å². The Kier molecular flexibility index (Phi) is 3.84. The molecule has 0 aliphatic rings. The van der Waals surface area contributed by atoms with Gasteiger partial charge in [-0.2, -0.15) is 0 Å². The van der Waals surface area contributed by atoms with Crippen molar-refractivity contribution in [2.24, 2.45) is 0 Å². The van der Waals surface area contributed by atoms with Crippen LogP contribution >= 0.6 is 0 Å². The normalized spacial score (nSPS) is 12.3. The first-order valence-corrected chi connectivity index (χ1v) is 7.07. The van der Waals surface area contributed by atoms with Crippen molar-refractivity contribution in [3.8, 4) is 11.6 Å². The van der Waals surface area contributed by atoms with Gasteiger partial charge in [0.2, 0.25) is 5.88 Å². The van der Waals surface area contributed by atoms with E-state index in [1.165, 1.54) is 0 Å². The minimum absolute atomic E-state index is 0.267. The van der Waals surface area contributed by atoms with E-state index in [2.05, 4.69) is 35.4 Å². The number of nitrogens with one attached hydrogen (secondary N) is 1. The zero-order chi connectivity index (χ0) is 14.7. The fraction of sp³-hybridized carbons (Fsp3) is 0.167. The molecule has 3 aromatic rings. The van der Waals surface area contributed by atoms with Crippen LogP contribution in [0.1, 0.15) is 18.5 Å². The molecule has 106 valence electrons. The third kappa shape index (κ3) is 2.88. The average Bonchev–Trinajstić information content (AvgIpc) is 2.55. The second-order valence-electron chi connectivity index (χ2n) is 5.02. The highest BCUT2D eigenvalue weighted by Crippen LogP contribution is 2.29. The predicted molar refractivity (Wildman–Crippen MR) is 85.7 cm³/mol. The summed E-state index contributed by atoms with van der Waals surface area (Å²) in [5, 5.41) is 5.47. The number of nitrogens with zero attached hydrogens (tertiary/aromatic N) is 1. The predicted octanol–water partition coefficient (Wildman–Crippen LogP) is 4.31. The maximum absolute atomic E-state index is 5.99. The summed E-state index contributed by atoms with van der Waals surface area (Å²) in [6.45, 7) is 2.11. The van der Waals surface area contributed by atoms with Gasteiger partial charge in [0.15, 0.2) is 0 Å². The highest BCUT2D eigenvalue weighted by molar-refractivity contribution is 5.88. The lowest BCUT2D eigenvalue weighted by molar-refractivity contribution is 0.466. The Labute approximate surface area is 124 Å². The molecule has 1 N–H and O–H groups in total. The number of aromatic nitrogens is 1. The lowest BCUT2D eigenvalue weighted by atomic mass is 10.1. The fourth-order valence-corrected chi connectivity index (χ4v) is 2.31. The molecular weight excluding hydrogens is 260 g/mol. The Morgan fingerprint density at radius 1 is 1.05 bits per heavy atom. The second kappa shape index (κ2) is 5.94. The Hall–Kier alpha value is -2.39. The zero-order valence-electron chi connectivity index (χ0n) is 12.2. The van der Waals surface area contributed by atoms with E-state index in [1.54, 1.807) is 6.20 Å². The van der Waals surface area contributed by atoms with E-state index in [-0.39, 0.29) is 6.04 Å². The van der Waals surface area contributed by atoms with Crippen LogP contribution in [0.5, 0.6) is 11.6 Å². The molecule has 3 rings (SSSR count). The molecule has 0 saturated heterocycles. The Morgan fingerprint density at radius 3 is 2.71 bits per heavy atom. The molecule has 1 aromatic heterocycles. The van der Waals surface area contributed by atoms with Gasteiger partial charge in [-0.15, -0.1) is 0 Å². The summed E-state index contributed by atoms with van der Waals surface area (Å²) in [7, 11) is 1.94. The molecule has 0 amide bonds. The van der Waals surface area contributed by atoms with Gasteiger partial charge < -0.3 is 10.1 Å². The smallest absolute Gasteiger partial charge is 0.219 e. The zero-order valence-corrected chi connectivity index (χ0v) is 12.2. The number of benzene rings is 2. The van der Waals surface area contributed by atoms with Crippen LogP contribution in [0.15, 0.2) is 60.8 Å². The largest absolute Gasteiger partial charge is 0.438 e. The Bertz CT molecular complexity index is 750. The van der Waals surface area contributed by atoms with Crippen LogP contribution in [0.4, 0.5) is 0 Å². The molecule has 0 fully saturated rings. The molecule has 2 aromatic carbocycles. The number of fused-ring (bicyclic) bond motifs is 1. The van der Waals surface area contributed by atoms with Crippen LogP contribution in [0.25, 0.3) is 10.8 Å². The summed E-state index contributed by atoms with van der Waals surface area (Å²) in [5.41, 5.74) is 1.16. The van der Waals surface area contributed by atoms with Crippen molar-refractivity contribution in [3.63, 3.8) is 0 Å². The van der Waals surface area contributed by atoms with Gasteiger partial charge in [0.05, 0.1) is 0 Å². The molecule has 0 spiro atoms. The summed E-state index contributed by atoms with van der Waals surface area (Å²) in [5.74, 6) is 1.45. The standard InChI is InChI=1S/C18H18N2O/c1-13(19-2)15-10-11-20-18(12-15)21-17-9-5-7-14-6-3-4-8-16(14)17/h3-13,19H,1-2H3. The van der Waals surface area contributed by atoms with Crippen LogP contribution in [-0.2, 0) is 0 Å². The first-order chi connectivity index (χ1) is 10.3. The molecule has 21 heavy (non-hydrogen) atoms. The maximum Gasteiger partial charge on any atom is 0.219 e. The molecule has 1 atom stereocenters. The van der Waals surface area contributed by atoms with Crippen LogP contribution in [0, 0.1) is 0 Å². The number of pyridine rings is 1. The molecule has 3 nitrogen and oxygen atoms in total. The number of hydrogen-bond donors (Lipinski definition) is 1. The Balaban J connectivity index is 1.95. The van der Waals surface area contributed by atoms with Gasteiger partial charge >= 0.3 is 0 Å². The minimum Gasteiger partial charge on any atom is -0.438 e. The van der Waals surface area contributed by atoms with Crippen molar-refractivity contribution < 1.29 is 4.74 Å². The van der Waals surface area contributed by atoms with Crippen molar-refractivity contribution >= 4 is 10.8 Å². The van der Waals surface area contributed by atoms with Gasteiger partial charge in [-0.1, -0.05) is 36.4 Å². The molecule has 1 heterocycles. The van der Waals surface area contributed by atoms with Crippen molar-refractivity contribution in [2.45, 2.75) is 13.0 Å². The SMILES string of the molecule is CNC(C)c1ccnc(Oc2cccc3ccccc23)c1. The first-order valence-electron chi connectivity index (χ1n) is 7.07. The molecule has 0 bridgehead atoms. The summed E-state index contributed by atoms with van der Waals surface area (Å²) >= 11 is 0. The van der Waals surface area contributed by atoms with Crippen molar-refractivity contribution in [3.05, 3.63) is 66.4 Å². The van der Waals surface area contributed by atoms with Crippen LogP contribution in [0.2, 0.25) is 0 Å². The molecular formula is C18H18N2O. The topological polar surface area (TPSA) is 34.2 Å². The average molecular weight is 278 g/mol. The van der Waals surface area contributed by atoms with E-state index < -0.39 is 0 Å². The fourth-order valence-electron chi connectivity index (χ4n) is 2.31. The maximum atomic E-state index is 5.99. The Morgan fingerprint density at radius 2 is 1.86 bits per heavy atom. The lowest BCUT2D eigenvalue weighted by Crippen LogP contribution is -2.12. The molecule has 3 heteroatoms. The first kappa shape index (κ1) is 13.6. The van der Waals surface area contributed by atoms with Gasteiger partial charge in [0, 0.05) is 23.7 Å². The number of ether oxygens (including phenoxy) is 1. The van der Waals surface area contributed by atoms with Crippen molar-refractivity contribution in [1.82, 2.24) is 10.3 Å². The van der Waals surface area contributed by atoms with Crippen molar-refractivity contribution in [2.75, 3.05) is 7.05 Å². The van der Waals surface area contributed by atoms with E-state index in [0.29, 0.717) is 5.88 Å². The third-order valence-corrected chi connectivity index (χ3v) is 3.66. The molecule has 0 saturated carbocycles. The minimum atomic E-state index is 0.267.